The van der Waals surface area contributed by atoms with E-state index in [4.69, 9.17) is 0 Å². The number of H-pyrrole nitrogens is 1. The van der Waals surface area contributed by atoms with Gasteiger partial charge in [-0.1, -0.05) is 0 Å². The molecule has 2 aliphatic rings. The summed E-state index contributed by atoms with van der Waals surface area (Å²) in [6.07, 6.45) is 4.88. The summed E-state index contributed by atoms with van der Waals surface area (Å²) >= 11 is -2.90. The summed E-state index contributed by atoms with van der Waals surface area (Å²) in [5.41, 5.74) is -3.91. The van der Waals surface area contributed by atoms with E-state index in [1.807, 2.05) is 19.3 Å². The van der Waals surface area contributed by atoms with Crippen molar-refractivity contribution >= 4 is 28.2 Å². The molecule has 2 aromatic rings. The Labute approximate surface area is 145 Å². The third-order valence-corrected chi connectivity index (χ3v) is 6.50. The normalized spacial score (nSPS) is 28.4. The zero-order valence-electron chi connectivity index (χ0n) is 13.5. The Kier molecular flexibility index (Phi) is 4.08. The van der Waals surface area contributed by atoms with Gasteiger partial charge in [-0.25, -0.2) is 9.97 Å². The van der Waals surface area contributed by atoms with Gasteiger partial charge in [-0.2, -0.15) is 0 Å². The van der Waals surface area contributed by atoms with Crippen molar-refractivity contribution in [3.63, 3.8) is 0 Å². The Bertz CT molecular complexity index is 755. The molecular formula is C15H18F3N5OS. The Morgan fingerprint density at radius 2 is 1.96 bits per heavy atom. The molecule has 3 heterocycles. The second-order valence-electron chi connectivity index (χ2n) is 6.74. The maximum absolute atomic E-state index is 12.7. The van der Waals surface area contributed by atoms with Gasteiger partial charge in [0.1, 0.15) is 17.8 Å². The number of halogens is 3. The molecule has 2 fully saturated rings. The van der Waals surface area contributed by atoms with Gasteiger partial charge in [-0.3, -0.25) is 0 Å². The zero-order valence-corrected chi connectivity index (χ0v) is 14.3. The predicted octanol–water partition coefficient (Wildman–Crippen LogP) is 2.29. The predicted molar refractivity (Wildman–Crippen MR) is 88.1 cm³/mol. The Hall–Kier alpha value is -1.52. The highest BCUT2D eigenvalue weighted by atomic mass is 32.2. The SMILES string of the molecule is CN(c1ncnc2[nH]ccc12)C1CC2CN([S+]([O-])C(F)(F)F)C[C@@H]2C1. The molecule has 0 bridgehead atoms. The van der Waals surface area contributed by atoms with E-state index in [0.29, 0.717) is 0 Å². The number of nitrogens with zero attached hydrogens (tertiary/aromatic N) is 4. The third kappa shape index (κ3) is 2.96. The molecule has 0 aromatic carbocycles. The number of nitrogens with one attached hydrogen (secondary N) is 1. The van der Waals surface area contributed by atoms with Crippen LogP contribution in [0.3, 0.4) is 0 Å². The molecular weight excluding hydrogens is 355 g/mol. The largest absolute Gasteiger partial charge is 0.593 e. The van der Waals surface area contributed by atoms with Gasteiger partial charge in [0, 0.05) is 32.4 Å². The van der Waals surface area contributed by atoms with Gasteiger partial charge in [0.2, 0.25) is 0 Å². The average molecular weight is 373 g/mol. The van der Waals surface area contributed by atoms with Crippen LogP contribution in [0.4, 0.5) is 19.0 Å². The molecule has 3 unspecified atom stereocenters. The molecule has 1 N–H and O–H groups in total. The number of aromatic nitrogens is 3. The lowest BCUT2D eigenvalue weighted by Gasteiger charge is -2.28. The van der Waals surface area contributed by atoms with E-state index in [0.717, 1.165) is 34.0 Å². The minimum atomic E-state index is -4.67. The Morgan fingerprint density at radius 1 is 1.28 bits per heavy atom. The van der Waals surface area contributed by atoms with Crippen LogP contribution in [0.5, 0.6) is 0 Å². The topological polar surface area (TPSA) is 71.1 Å². The van der Waals surface area contributed by atoms with Gasteiger partial charge in [0.25, 0.3) is 0 Å². The molecule has 6 nitrogen and oxygen atoms in total. The monoisotopic (exact) mass is 373 g/mol. The number of aromatic amines is 1. The highest BCUT2D eigenvalue weighted by Crippen LogP contribution is 2.43. The van der Waals surface area contributed by atoms with Crippen molar-refractivity contribution in [3.05, 3.63) is 18.6 Å². The number of alkyl halides is 3. The van der Waals surface area contributed by atoms with Gasteiger partial charge >= 0.3 is 5.51 Å². The summed E-state index contributed by atoms with van der Waals surface area (Å²) in [6.45, 7) is 0.481. The molecule has 1 saturated carbocycles. The average Bonchev–Trinajstić information content (AvgIpc) is 3.25. The van der Waals surface area contributed by atoms with E-state index in [1.54, 1.807) is 0 Å². The van der Waals surface area contributed by atoms with Crippen LogP contribution in [0, 0.1) is 11.8 Å². The van der Waals surface area contributed by atoms with E-state index in [1.165, 1.54) is 6.33 Å². The summed E-state index contributed by atoms with van der Waals surface area (Å²) in [5.74, 6) is 1.11. The van der Waals surface area contributed by atoms with E-state index >= 15 is 0 Å². The van der Waals surface area contributed by atoms with Gasteiger partial charge in [-0.05, 0) is 30.7 Å². The number of anilines is 1. The lowest BCUT2D eigenvalue weighted by molar-refractivity contribution is -0.0484. The van der Waals surface area contributed by atoms with Crippen LogP contribution in [0.1, 0.15) is 12.8 Å². The van der Waals surface area contributed by atoms with Crippen molar-refractivity contribution in [2.45, 2.75) is 24.4 Å². The summed E-state index contributed by atoms with van der Waals surface area (Å²) in [4.78, 5) is 13.7. The molecule has 1 aliphatic heterocycles. The van der Waals surface area contributed by atoms with Gasteiger partial charge in [0.15, 0.2) is 11.4 Å². The summed E-state index contributed by atoms with van der Waals surface area (Å²) in [7, 11) is 1.96. The smallest absolute Gasteiger partial charge is 0.591 e. The minimum Gasteiger partial charge on any atom is -0.591 e. The maximum Gasteiger partial charge on any atom is 0.593 e. The van der Waals surface area contributed by atoms with Crippen LogP contribution in [0.15, 0.2) is 18.6 Å². The fourth-order valence-electron chi connectivity index (χ4n) is 4.14. The number of fused-ring (bicyclic) bond motifs is 2. The second kappa shape index (κ2) is 6.03. The molecule has 136 valence electrons. The molecule has 4 atom stereocenters. The highest BCUT2D eigenvalue weighted by molar-refractivity contribution is 7.90. The Balaban J connectivity index is 1.46. The van der Waals surface area contributed by atoms with Crippen LogP contribution in [-0.4, -0.2) is 55.5 Å². The van der Waals surface area contributed by atoms with Crippen LogP contribution in [0.2, 0.25) is 0 Å². The molecule has 2 aromatic heterocycles. The van der Waals surface area contributed by atoms with Crippen LogP contribution in [-0.2, 0) is 11.4 Å². The van der Waals surface area contributed by atoms with Crippen molar-refractivity contribution < 1.29 is 17.7 Å². The van der Waals surface area contributed by atoms with Crippen molar-refractivity contribution in [1.82, 2.24) is 19.3 Å². The number of hydrogen-bond donors (Lipinski definition) is 1. The van der Waals surface area contributed by atoms with Crippen LogP contribution < -0.4 is 4.90 Å². The quantitative estimate of drug-likeness (QED) is 0.836. The number of rotatable bonds is 3. The lowest BCUT2D eigenvalue weighted by Crippen LogP contribution is -2.40. The molecule has 1 aliphatic carbocycles. The molecule has 0 spiro atoms. The lowest BCUT2D eigenvalue weighted by atomic mass is 10.0. The van der Waals surface area contributed by atoms with Gasteiger partial charge < -0.3 is 14.4 Å². The van der Waals surface area contributed by atoms with E-state index < -0.39 is 16.9 Å². The fourth-order valence-corrected chi connectivity index (χ4v) is 5.08. The van der Waals surface area contributed by atoms with Crippen molar-refractivity contribution in [2.24, 2.45) is 11.8 Å². The molecule has 25 heavy (non-hydrogen) atoms. The van der Waals surface area contributed by atoms with Crippen molar-refractivity contribution in [1.29, 1.82) is 0 Å². The molecule has 1 saturated heterocycles. The highest BCUT2D eigenvalue weighted by Gasteiger charge is 2.55. The van der Waals surface area contributed by atoms with Crippen molar-refractivity contribution in [3.8, 4) is 0 Å². The summed E-state index contributed by atoms with van der Waals surface area (Å²) < 4.78 is 50.6. The third-order valence-electron chi connectivity index (χ3n) is 5.34. The molecule has 10 heteroatoms. The van der Waals surface area contributed by atoms with Crippen LogP contribution >= 0.6 is 0 Å². The molecule has 0 radical (unpaired) electrons. The van der Waals surface area contributed by atoms with Gasteiger partial charge in [-0.15, -0.1) is 17.5 Å². The molecule has 0 amide bonds. The van der Waals surface area contributed by atoms with Gasteiger partial charge in [0.05, 0.1) is 5.39 Å². The fraction of sp³-hybridized carbons (Fsp3) is 0.600. The first kappa shape index (κ1) is 16.9. The first-order chi connectivity index (χ1) is 11.8. The summed E-state index contributed by atoms with van der Waals surface area (Å²) in [5, 5.41) is 0.932. The zero-order chi connectivity index (χ0) is 17.8. The van der Waals surface area contributed by atoms with Crippen molar-refractivity contribution in [2.75, 3.05) is 25.0 Å². The van der Waals surface area contributed by atoms with E-state index in [-0.39, 0.29) is 31.0 Å². The number of hydrogen-bond acceptors (Lipinski definition) is 5. The minimum absolute atomic E-state index is 0.141. The summed E-state index contributed by atoms with van der Waals surface area (Å²) in [6, 6.07) is 2.13. The Morgan fingerprint density at radius 3 is 2.60 bits per heavy atom. The van der Waals surface area contributed by atoms with E-state index in [9.17, 15) is 17.7 Å². The van der Waals surface area contributed by atoms with Crippen LogP contribution in [0.25, 0.3) is 11.0 Å². The molecule has 4 rings (SSSR count). The first-order valence-electron chi connectivity index (χ1n) is 8.09. The maximum atomic E-state index is 12.7. The first-order valence-corrected chi connectivity index (χ1v) is 9.20. The second-order valence-corrected chi connectivity index (χ2v) is 8.21. The van der Waals surface area contributed by atoms with E-state index in [2.05, 4.69) is 19.9 Å². The standard InChI is InChI=1S/C15H18F3N5OS/c1-22(14-12-2-3-19-13(12)20-8-21-14)11-4-9-6-23(7-10(9)5-11)25(24)15(16,17)18/h2-3,8-11H,4-7H2,1H3,(H,19,20,21)/t9-,10?,11?,25?/m0/s1.